The molecule has 2 heterocycles. The second kappa shape index (κ2) is 9.72. The van der Waals surface area contributed by atoms with Gasteiger partial charge >= 0.3 is 0 Å². The molecule has 0 spiro atoms. The molecule has 1 aliphatic heterocycles. The van der Waals surface area contributed by atoms with E-state index in [2.05, 4.69) is 24.1 Å². The van der Waals surface area contributed by atoms with E-state index in [1.54, 1.807) is 0 Å². The first-order chi connectivity index (χ1) is 14.0. The number of nitrogens with zero attached hydrogens (tertiary/aromatic N) is 3. The highest BCUT2D eigenvalue weighted by atomic mass is 16.2. The fraction of sp³-hybridized carbons (Fsp3) is 0.522. The Morgan fingerprint density at radius 3 is 2.45 bits per heavy atom. The van der Waals surface area contributed by atoms with Crippen molar-refractivity contribution >= 4 is 11.8 Å². The Kier molecular flexibility index (Phi) is 7.07. The molecule has 156 valence electrons. The zero-order valence-electron chi connectivity index (χ0n) is 17.8. The number of hydrogen-bond acceptors (Lipinski definition) is 3. The summed E-state index contributed by atoms with van der Waals surface area (Å²) in [6.07, 6.45) is 4.63. The lowest BCUT2D eigenvalue weighted by atomic mass is 10.1. The summed E-state index contributed by atoms with van der Waals surface area (Å²) in [7, 11) is 0. The average molecular weight is 397 g/mol. The molecule has 1 aromatic heterocycles. The average Bonchev–Trinajstić information content (AvgIpc) is 3.12. The molecular weight excluding hydrogens is 364 g/mol. The molecule has 0 saturated carbocycles. The van der Waals surface area contributed by atoms with E-state index in [1.807, 2.05) is 40.7 Å². The van der Waals surface area contributed by atoms with Crippen LogP contribution in [0.15, 0.2) is 24.3 Å². The van der Waals surface area contributed by atoms with Gasteiger partial charge in [0, 0.05) is 26.2 Å². The summed E-state index contributed by atoms with van der Waals surface area (Å²) in [4.78, 5) is 32.5. The molecule has 2 amide bonds. The van der Waals surface area contributed by atoms with Crippen molar-refractivity contribution in [3.05, 3.63) is 52.6 Å². The van der Waals surface area contributed by atoms with Crippen LogP contribution in [-0.4, -0.2) is 39.4 Å². The second-order valence-corrected chi connectivity index (χ2v) is 7.80. The van der Waals surface area contributed by atoms with Crippen LogP contribution in [-0.2, 0) is 19.5 Å². The van der Waals surface area contributed by atoms with Gasteiger partial charge in [-0.05, 0) is 44.6 Å². The summed E-state index contributed by atoms with van der Waals surface area (Å²) in [6, 6.07) is 8.10. The van der Waals surface area contributed by atoms with E-state index in [1.165, 1.54) is 5.56 Å². The minimum Gasteiger partial charge on any atom is -0.347 e. The third kappa shape index (κ3) is 4.86. The molecule has 0 radical (unpaired) electrons. The lowest BCUT2D eigenvalue weighted by Gasteiger charge is -2.23. The number of carbonyl (C=O) groups is 2. The van der Waals surface area contributed by atoms with Gasteiger partial charge in [0.25, 0.3) is 11.8 Å². The van der Waals surface area contributed by atoms with E-state index in [-0.39, 0.29) is 11.8 Å². The fourth-order valence-electron chi connectivity index (χ4n) is 3.86. The number of fused-ring (bicyclic) bond motifs is 1. The Balaban J connectivity index is 1.82. The summed E-state index contributed by atoms with van der Waals surface area (Å²) in [6.45, 7) is 8.81. The van der Waals surface area contributed by atoms with E-state index in [0.717, 1.165) is 49.9 Å². The van der Waals surface area contributed by atoms with Crippen molar-refractivity contribution in [2.45, 2.75) is 66.0 Å². The molecule has 1 N–H and O–H groups in total. The van der Waals surface area contributed by atoms with Gasteiger partial charge in [0.05, 0.1) is 5.69 Å². The van der Waals surface area contributed by atoms with Gasteiger partial charge in [-0.15, -0.1) is 0 Å². The number of hydrogen-bond donors (Lipinski definition) is 1. The van der Waals surface area contributed by atoms with E-state index >= 15 is 0 Å². The first-order valence-corrected chi connectivity index (χ1v) is 10.8. The Hall–Kier alpha value is -2.63. The molecule has 0 fully saturated rings. The molecule has 0 saturated heterocycles. The maximum absolute atomic E-state index is 13.2. The third-order valence-corrected chi connectivity index (χ3v) is 5.37. The monoisotopic (exact) mass is 396 g/mol. The highest BCUT2D eigenvalue weighted by Crippen LogP contribution is 2.22. The predicted octanol–water partition coefficient (Wildman–Crippen LogP) is 3.72. The van der Waals surface area contributed by atoms with Gasteiger partial charge in [-0.25, -0.2) is 4.98 Å². The van der Waals surface area contributed by atoms with Crippen molar-refractivity contribution in [3.63, 3.8) is 0 Å². The topological polar surface area (TPSA) is 67.2 Å². The maximum Gasteiger partial charge on any atom is 0.289 e. The molecular formula is C23H32N4O2. The van der Waals surface area contributed by atoms with Crippen molar-refractivity contribution in [2.75, 3.05) is 13.1 Å². The van der Waals surface area contributed by atoms with Gasteiger partial charge in [0.15, 0.2) is 5.82 Å². The highest BCUT2D eigenvalue weighted by molar-refractivity contribution is 5.97. The van der Waals surface area contributed by atoms with Crippen LogP contribution in [0.1, 0.15) is 77.5 Å². The van der Waals surface area contributed by atoms with E-state index < -0.39 is 0 Å². The zero-order valence-corrected chi connectivity index (χ0v) is 17.8. The largest absolute Gasteiger partial charge is 0.347 e. The molecule has 0 bridgehead atoms. The lowest BCUT2D eigenvalue weighted by molar-refractivity contribution is 0.0737. The van der Waals surface area contributed by atoms with Crippen molar-refractivity contribution in [2.24, 2.45) is 0 Å². The number of amides is 2. The highest BCUT2D eigenvalue weighted by Gasteiger charge is 2.29. The zero-order chi connectivity index (χ0) is 20.8. The molecule has 3 rings (SSSR count). The van der Waals surface area contributed by atoms with Crippen LogP contribution >= 0.6 is 0 Å². The van der Waals surface area contributed by atoms with Crippen LogP contribution in [0.5, 0.6) is 0 Å². The van der Waals surface area contributed by atoms with E-state index in [0.29, 0.717) is 31.2 Å². The number of aromatic nitrogens is 2. The van der Waals surface area contributed by atoms with Gasteiger partial charge in [-0.3, -0.25) is 9.59 Å². The van der Waals surface area contributed by atoms with Gasteiger partial charge in [0.1, 0.15) is 5.69 Å². The van der Waals surface area contributed by atoms with Crippen LogP contribution in [0.2, 0.25) is 0 Å². The number of aryl methyl sites for hydroxylation is 1. The number of carbonyl (C=O) groups excluding carboxylic acids is 2. The maximum atomic E-state index is 13.2. The molecule has 0 aliphatic carbocycles. The van der Waals surface area contributed by atoms with Crippen LogP contribution < -0.4 is 5.32 Å². The predicted molar refractivity (Wildman–Crippen MR) is 114 cm³/mol. The summed E-state index contributed by atoms with van der Waals surface area (Å²) in [5, 5.41) is 2.98. The van der Waals surface area contributed by atoms with Gasteiger partial charge in [0.2, 0.25) is 0 Å². The van der Waals surface area contributed by atoms with Crippen LogP contribution in [0.4, 0.5) is 0 Å². The minimum absolute atomic E-state index is 0.0607. The second-order valence-electron chi connectivity index (χ2n) is 7.80. The van der Waals surface area contributed by atoms with Crippen molar-refractivity contribution in [1.29, 1.82) is 0 Å². The normalized spacial score (nSPS) is 13.1. The molecule has 0 unspecified atom stereocenters. The molecule has 2 aromatic rings. The Labute approximate surface area is 173 Å². The molecule has 0 atom stereocenters. The molecule has 29 heavy (non-hydrogen) atoms. The number of nitrogens with one attached hydrogen (secondary N) is 1. The third-order valence-electron chi connectivity index (χ3n) is 5.37. The van der Waals surface area contributed by atoms with Crippen LogP contribution in [0.25, 0.3) is 0 Å². The Bertz CT molecular complexity index is 849. The van der Waals surface area contributed by atoms with Crippen LogP contribution in [0, 0.1) is 6.92 Å². The summed E-state index contributed by atoms with van der Waals surface area (Å²) < 4.78 is 1.98. The van der Waals surface area contributed by atoms with Crippen LogP contribution in [0.3, 0.4) is 0 Å². The number of imidazole rings is 1. The van der Waals surface area contributed by atoms with E-state index in [9.17, 15) is 9.59 Å². The van der Waals surface area contributed by atoms with Gasteiger partial charge < -0.3 is 14.8 Å². The van der Waals surface area contributed by atoms with Gasteiger partial charge in [-0.1, -0.05) is 43.7 Å². The fourth-order valence-corrected chi connectivity index (χ4v) is 3.86. The molecule has 6 nitrogen and oxygen atoms in total. The first-order valence-electron chi connectivity index (χ1n) is 10.8. The first kappa shape index (κ1) is 21.1. The van der Waals surface area contributed by atoms with Gasteiger partial charge in [-0.2, -0.15) is 0 Å². The molecule has 1 aromatic carbocycles. The molecule has 6 heteroatoms. The standard InChI is InChI=1S/C23H32N4O2/c1-4-13-26(14-5-2)23(29)21-25-20(19-8-6-7-15-27(19)21)22(28)24-16-18-11-9-17(3)10-12-18/h9-12H,4-8,13-16H2,1-3H3,(H,24,28). The Morgan fingerprint density at radius 2 is 1.79 bits per heavy atom. The van der Waals surface area contributed by atoms with Crippen molar-refractivity contribution < 1.29 is 9.59 Å². The SMILES string of the molecule is CCCN(CCC)C(=O)c1nc(C(=O)NCc2ccc(C)cc2)c2n1CCCC2. The summed E-state index contributed by atoms with van der Waals surface area (Å²) >= 11 is 0. The number of benzene rings is 1. The number of rotatable bonds is 8. The Morgan fingerprint density at radius 1 is 1.10 bits per heavy atom. The lowest BCUT2D eigenvalue weighted by Crippen LogP contribution is -2.35. The molecule has 1 aliphatic rings. The summed E-state index contributed by atoms with van der Waals surface area (Å²) in [5.74, 6) is 0.157. The van der Waals surface area contributed by atoms with E-state index in [4.69, 9.17) is 0 Å². The summed E-state index contributed by atoms with van der Waals surface area (Å²) in [5.41, 5.74) is 3.54. The van der Waals surface area contributed by atoms with Crippen molar-refractivity contribution in [3.8, 4) is 0 Å². The smallest absolute Gasteiger partial charge is 0.289 e. The quantitative estimate of drug-likeness (QED) is 0.739. The van der Waals surface area contributed by atoms with Crippen molar-refractivity contribution in [1.82, 2.24) is 19.8 Å². The minimum atomic E-state index is -0.201.